The van der Waals surface area contributed by atoms with Gasteiger partial charge in [-0.2, -0.15) is 0 Å². The first-order valence-electron chi connectivity index (χ1n) is 6.38. The summed E-state index contributed by atoms with van der Waals surface area (Å²) in [7, 11) is 0. The topological polar surface area (TPSA) is 3.24 Å². The molecule has 0 unspecified atom stereocenters. The molecule has 0 aliphatic carbocycles. The summed E-state index contributed by atoms with van der Waals surface area (Å²) in [5.41, 5.74) is 1.81. The molecule has 0 amide bonds. The summed E-state index contributed by atoms with van der Waals surface area (Å²) in [6.07, 6.45) is 1.32. The number of likely N-dealkylation sites (tertiary alicyclic amines) is 1. The molecule has 0 radical (unpaired) electrons. The van der Waals surface area contributed by atoms with Gasteiger partial charge < -0.3 is 0 Å². The van der Waals surface area contributed by atoms with Crippen molar-refractivity contribution < 1.29 is 0 Å². The summed E-state index contributed by atoms with van der Waals surface area (Å²) in [5.74, 6) is 0. The third-order valence-corrected chi connectivity index (χ3v) is 4.50. The minimum atomic E-state index is 0.382. The lowest BCUT2D eigenvalue weighted by Crippen LogP contribution is -2.61. The first kappa shape index (κ1) is 13.1. The molecule has 1 aromatic carbocycles. The SMILES string of the molecule is CC(C)(C)[C@@H]1C[C@H](CBr)N1Cc1ccccc1. The quantitative estimate of drug-likeness (QED) is 0.760. The van der Waals surface area contributed by atoms with Gasteiger partial charge in [0.25, 0.3) is 0 Å². The molecule has 2 rings (SSSR count). The highest BCUT2D eigenvalue weighted by Crippen LogP contribution is 2.39. The van der Waals surface area contributed by atoms with E-state index in [1.54, 1.807) is 0 Å². The number of alkyl halides is 1. The van der Waals surface area contributed by atoms with Gasteiger partial charge in [0.15, 0.2) is 0 Å². The molecule has 17 heavy (non-hydrogen) atoms. The van der Waals surface area contributed by atoms with Crippen LogP contribution in [0.25, 0.3) is 0 Å². The lowest BCUT2D eigenvalue weighted by Gasteiger charge is -2.54. The molecule has 1 saturated heterocycles. The van der Waals surface area contributed by atoms with Crippen molar-refractivity contribution in [2.24, 2.45) is 5.41 Å². The average Bonchev–Trinajstić information content (AvgIpc) is 2.25. The predicted octanol–water partition coefficient (Wildman–Crippen LogP) is 4.07. The van der Waals surface area contributed by atoms with Crippen LogP contribution in [-0.2, 0) is 6.54 Å². The van der Waals surface area contributed by atoms with Crippen molar-refractivity contribution in [2.45, 2.75) is 45.8 Å². The summed E-state index contributed by atoms with van der Waals surface area (Å²) in [6.45, 7) is 8.12. The van der Waals surface area contributed by atoms with Crippen LogP contribution in [0.5, 0.6) is 0 Å². The summed E-state index contributed by atoms with van der Waals surface area (Å²) < 4.78 is 0. The van der Waals surface area contributed by atoms with Crippen LogP contribution in [-0.4, -0.2) is 22.3 Å². The van der Waals surface area contributed by atoms with Gasteiger partial charge in [-0.05, 0) is 17.4 Å². The highest BCUT2D eigenvalue weighted by Gasteiger charge is 2.43. The van der Waals surface area contributed by atoms with Gasteiger partial charge in [0.05, 0.1) is 0 Å². The van der Waals surface area contributed by atoms with E-state index < -0.39 is 0 Å². The van der Waals surface area contributed by atoms with Crippen molar-refractivity contribution in [3.05, 3.63) is 35.9 Å². The maximum absolute atomic E-state index is 3.63. The van der Waals surface area contributed by atoms with E-state index in [-0.39, 0.29) is 0 Å². The lowest BCUT2D eigenvalue weighted by atomic mass is 9.75. The Morgan fingerprint density at radius 1 is 1.24 bits per heavy atom. The molecule has 0 aromatic heterocycles. The van der Waals surface area contributed by atoms with Crippen LogP contribution >= 0.6 is 15.9 Å². The molecule has 0 spiro atoms. The standard InChI is InChI=1S/C15H22BrN/c1-15(2,3)14-9-13(10-16)17(14)11-12-7-5-4-6-8-12/h4-8,13-14H,9-11H2,1-3H3/t13-,14+/m1/s1. The molecule has 1 nitrogen and oxygen atoms in total. The lowest BCUT2D eigenvalue weighted by molar-refractivity contribution is -0.0415. The second-order valence-corrected chi connectivity index (χ2v) is 6.73. The smallest absolute Gasteiger partial charge is 0.0240 e. The molecule has 0 N–H and O–H groups in total. The maximum atomic E-state index is 3.63. The van der Waals surface area contributed by atoms with E-state index in [4.69, 9.17) is 0 Å². The normalized spacial score (nSPS) is 25.6. The highest BCUT2D eigenvalue weighted by atomic mass is 79.9. The minimum absolute atomic E-state index is 0.382. The fraction of sp³-hybridized carbons (Fsp3) is 0.600. The van der Waals surface area contributed by atoms with Crippen molar-refractivity contribution in [3.8, 4) is 0 Å². The van der Waals surface area contributed by atoms with Crippen LogP contribution in [0.15, 0.2) is 30.3 Å². The highest BCUT2D eigenvalue weighted by molar-refractivity contribution is 9.09. The summed E-state index contributed by atoms with van der Waals surface area (Å²) in [6, 6.07) is 12.2. The summed E-state index contributed by atoms with van der Waals surface area (Å²) >= 11 is 3.63. The molecular formula is C15H22BrN. The van der Waals surface area contributed by atoms with Crippen molar-refractivity contribution in [2.75, 3.05) is 5.33 Å². The van der Waals surface area contributed by atoms with Gasteiger partial charge in [0.2, 0.25) is 0 Å². The Morgan fingerprint density at radius 3 is 2.41 bits per heavy atom. The van der Waals surface area contributed by atoms with Crippen LogP contribution in [0.3, 0.4) is 0 Å². The van der Waals surface area contributed by atoms with Crippen molar-refractivity contribution >= 4 is 15.9 Å². The van der Waals surface area contributed by atoms with Crippen LogP contribution in [0.4, 0.5) is 0 Å². The number of hydrogen-bond donors (Lipinski definition) is 0. The zero-order valence-electron chi connectivity index (χ0n) is 11.0. The average molecular weight is 296 g/mol. The van der Waals surface area contributed by atoms with Gasteiger partial charge >= 0.3 is 0 Å². The van der Waals surface area contributed by atoms with E-state index in [9.17, 15) is 0 Å². The largest absolute Gasteiger partial charge is 0.292 e. The van der Waals surface area contributed by atoms with E-state index in [2.05, 4.69) is 71.9 Å². The molecule has 1 aliphatic heterocycles. The Bertz CT molecular complexity index is 355. The molecule has 2 atom stereocenters. The molecule has 1 heterocycles. The Balaban J connectivity index is 2.06. The molecular weight excluding hydrogens is 274 g/mol. The van der Waals surface area contributed by atoms with E-state index in [1.807, 2.05) is 0 Å². The van der Waals surface area contributed by atoms with E-state index in [0.29, 0.717) is 17.5 Å². The fourth-order valence-electron chi connectivity index (χ4n) is 2.68. The van der Waals surface area contributed by atoms with Gasteiger partial charge in [-0.25, -0.2) is 0 Å². The second kappa shape index (κ2) is 5.11. The first-order chi connectivity index (χ1) is 8.02. The molecule has 94 valence electrons. The Morgan fingerprint density at radius 2 is 1.88 bits per heavy atom. The number of rotatable bonds is 3. The Kier molecular flexibility index (Phi) is 3.94. The minimum Gasteiger partial charge on any atom is -0.292 e. The Labute approximate surface area is 113 Å². The number of nitrogens with zero attached hydrogens (tertiary/aromatic N) is 1. The van der Waals surface area contributed by atoms with Crippen molar-refractivity contribution in [3.63, 3.8) is 0 Å². The van der Waals surface area contributed by atoms with Crippen LogP contribution in [0, 0.1) is 5.41 Å². The fourth-order valence-corrected chi connectivity index (χ4v) is 3.32. The van der Waals surface area contributed by atoms with E-state index in [1.165, 1.54) is 12.0 Å². The molecule has 1 aliphatic rings. The Hall–Kier alpha value is -0.340. The predicted molar refractivity (Wildman–Crippen MR) is 77.4 cm³/mol. The second-order valence-electron chi connectivity index (χ2n) is 6.08. The van der Waals surface area contributed by atoms with Crippen LogP contribution < -0.4 is 0 Å². The van der Waals surface area contributed by atoms with Gasteiger partial charge in [-0.15, -0.1) is 0 Å². The third kappa shape index (κ3) is 2.92. The molecule has 0 bridgehead atoms. The first-order valence-corrected chi connectivity index (χ1v) is 7.50. The molecule has 0 saturated carbocycles. The maximum Gasteiger partial charge on any atom is 0.0240 e. The molecule has 1 fully saturated rings. The monoisotopic (exact) mass is 295 g/mol. The zero-order chi connectivity index (χ0) is 12.5. The van der Waals surface area contributed by atoms with Crippen molar-refractivity contribution in [1.82, 2.24) is 4.90 Å². The van der Waals surface area contributed by atoms with Crippen molar-refractivity contribution in [1.29, 1.82) is 0 Å². The van der Waals surface area contributed by atoms with Gasteiger partial charge in [-0.3, -0.25) is 4.90 Å². The molecule has 2 heteroatoms. The van der Waals surface area contributed by atoms with Gasteiger partial charge in [-0.1, -0.05) is 67.0 Å². The van der Waals surface area contributed by atoms with Crippen LogP contribution in [0.1, 0.15) is 32.8 Å². The van der Waals surface area contributed by atoms with E-state index >= 15 is 0 Å². The van der Waals surface area contributed by atoms with Crippen LogP contribution in [0.2, 0.25) is 0 Å². The molecule has 1 aromatic rings. The van der Waals surface area contributed by atoms with Gasteiger partial charge in [0, 0.05) is 24.0 Å². The number of hydrogen-bond acceptors (Lipinski definition) is 1. The zero-order valence-corrected chi connectivity index (χ0v) is 12.6. The third-order valence-electron chi connectivity index (χ3n) is 3.75. The van der Waals surface area contributed by atoms with Gasteiger partial charge in [0.1, 0.15) is 0 Å². The van der Waals surface area contributed by atoms with E-state index in [0.717, 1.165) is 11.9 Å². The summed E-state index contributed by atoms with van der Waals surface area (Å²) in [4.78, 5) is 2.64. The number of benzene rings is 1. The number of halogens is 1. The summed E-state index contributed by atoms with van der Waals surface area (Å²) in [5, 5.41) is 1.09.